The number of ether oxygens (including phenoxy) is 1. The third-order valence-electron chi connectivity index (χ3n) is 2.75. The zero-order valence-corrected chi connectivity index (χ0v) is 10.9. The Labute approximate surface area is 118 Å². The van der Waals surface area contributed by atoms with Crippen LogP contribution in [0.5, 0.6) is 11.5 Å². The summed E-state index contributed by atoms with van der Waals surface area (Å²) in [6.07, 6.45) is -4.83. The van der Waals surface area contributed by atoms with Crippen LogP contribution in [0.3, 0.4) is 0 Å². The van der Waals surface area contributed by atoms with Crippen LogP contribution in [0.25, 0.3) is 11.1 Å². The van der Waals surface area contributed by atoms with Crippen molar-refractivity contribution < 1.29 is 27.8 Å². The van der Waals surface area contributed by atoms with Crippen LogP contribution >= 0.6 is 0 Å². The summed E-state index contributed by atoms with van der Waals surface area (Å²) in [4.78, 5) is 11.2. The molecule has 1 N–H and O–H groups in total. The Balaban J connectivity index is 2.37. The highest BCUT2D eigenvalue weighted by Gasteiger charge is 2.31. The fourth-order valence-corrected chi connectivity index (χ4v) is 1.84. The Bertz CT molecular complexity index is 661. The number of hydrogen-bond donors (Lipinski definition) is 1. The van der Waals surface area contributed by atoms with E-state index in [1.54, 1.807) is 24.3 Å². The molecular weight excluding hydrogens is 285 g/mol. The van der Waals surface area contributed by atoms with Crippen LogP contribution in [0, 0.1) is 0 Å². The first-order chi connectivity index (χ1) is 9.74. The number of ketones is 1. The third-order valence-corrected chi connectivity index (χ3v) is 2.75. The van der Waals surface area contributed by atoms with E-state index in [9.17, 15) is 23.1 Å². The largest absolute Gasteiger partial charge is 0.573 e. The molecule has 2 aromatic rings. The molecule has 0 saturated heterocycles. The molecule has 0 aromatic heterocycles. The maximum atomic E-state index is 12.2. The number of alkyl halides is 3. The first kappa shape index (κ1) is 14.9. The SMILES string of the molecule is CC(=O)c1ccc(-c2cc(O)cc(OC(F)(F)F)c2)cc1. The van der Waals surface area contributed by atoms with Crippen molar-refractivity contribution in [1.82, 2.24) is 0 Å². The molecule has 0 aliphatic heterocycles. The van der Waals surface area contributed by atoms with Crippen molar-refractivity contribution in [2.45, 2.75) is 13.3 Å². The van der Waals surface area contributed by atoms with Gasteiger partial charge in [-0.2, -0.15) is 0 Å². The Morgan fingerprint density at radius 1 is 1.05 bits per heavy atom. The molecule has 3 nitrogen and oxygen atoms in total. The number of Topliss-reactive ketones (excluding diaryl/α,β-unsaturated/α-hetero) is 1. The summed E-state index contributed by atoms with van der Waals surface area (Å²) in [7, 11) is 0. The van der Waals surface area contributed by atoms with E-state index in [1.165, 1.54) is 13.0 Å². The maximum Gasteiger partial charge on any atom is 0.573 e. The summed E-state index contributed by atoms with van der Waals surface area (Å²) in [6.45, 7) is 1.42. The minimum Gasteiger partial charge on any atom is -0.508 e. The lowest BCUT2D eigenvalue weighted by Gasteiger charge is -2.11. The van der Waals surface area contributed by atoms with E-state index in [2.05, 4.69) is 4.74 Å². The van der Waals surface area contributed by atoms with Gasteiger partial charge >= 0.3 is 6.36 Å². The zero-order chi connectivity index (χ0) is 15.6. The lowest BCUT2D eigenvalue weighted by Crippen LogP contribution is -2.17. The van der Waals surface area contributed by atoms with Crippen molar-refractivity contribution >= 4 is 5.78 Å². The number of phenols is 1. The normalized spacial score (nSPS) is 11.2. The first-order valence-electron chi connectivity index (χ1n) is 5.96. The lowest BCUT2D eigenvalue weighted by atomic mass is 10.0. The number of aromatic hydroxyl groups is 1. The van der Waals surface area contributed by atoms with E-state index >= 15 is 0 Å². The van der Waals surface area contributed by atoms with Crippen LogP contribution in [0.4, 0.5) is 13.2 Å². The molecule has 6 heteroatoms. The van der Waals surface area contributed by atoms with E-state index in [4.69, 9.17) is 0 Å². The first-order valence-corrected chi connectivity index (χ1v) is 5.96. The molecule has 0 heterocycles. The molecule has 0 aliphatic carbocycles. The summed E-state index contributed by atoms with van der Waals surface area (Å²) in [5.41, 5.74) is 1.40. The molecule has 0 fully saturated rings. The molecule has 21 heavy (non-hydrogen) atoms. The van der Waals surface area contributed by atoms with Crippen molar-refractivity contribution in [1.29, 1.82) is 0 Å². The predicted molar refractivity (Wildman–Crippen MR) is 70.2 cm³/mol. The van der Waals surface area contributed by atoms with Gasteiger partial charge in [0.1, 0.15) is 11.5 Å². The van der Waals surface area contributed by atoms with E-state index in [0.29, 0.717) is 16.7 Å². The average molecular weight is 296 g/mol. The summed E-state index contributed by atoms with van der Waals surface area (Å²) in [5.74, 6) is -0.964. The molecule has 0 bridgehead atoms. The predicted octanol–water partition coefficient (Wildman–Crippen LogP) is 4.16. The highest BCUT2D eigenvalue weighted by molar-refractivity contribution is 5.94. The van der Waals surface area contributed by atoms with Gasteiger partial charge in [0.05, 0.1) is 0 Å². The number of halogens is 3. The summed E-state index contributed by atoms with van der Waals surface area (Å²) >= 11 is 0. The van der Waals surface area contributed by atoms with E-state index in [0.717, 1.165) is 12.1 Å². The average Bonchev–Trinajstić information content (AvgIpc) is 2.36. The second-order valence-corrected chi connectivity index (χ2v) is 4.40. The van der Waals surface area contributed by atoms with Crippen molar-refractivity contribution in [2.75, 3.05) is 0 Å². The zero-order valence-electron chi connectivity index (χ0n) is 10.9. The van der Waals surface area contributed by atoms with Crippen molar-refractivity contribution in [3.8, 4) is 22.6 Å². The second-order valence-electron chi connectivity index (χ2n) is 4.40. The number of phenolic OH excluding ortho intramolecular Hbond substituents is 1. The van der Waals surface area contributed by atoms with Crippen molar-refractivity contribution in [2.24, 2.45) is 0 Å². The summed E-state index contributed by atoms with van der Waals surface area (Å²) < 4.78 is 40.4. The summed E-state index contributed by atoms with van der Waals surface area (Å²) in [5, 5.41) is 9.49. The van der Waals surface area contributed by atoms with Gasteiger partial charge < -0.3 is 9.84 Å². The molecule has 0 atom stereocenters. The molecule has 0 saturated carbocycles. The molecule has 0 aliphatic rings. The molecular formula is C15H11F3O3. The molecule has 0 amide bonds. The minimum absolute atomic E-state index is 0.112. The number of carbonyl (C=O) groups is 1. The van der Waals surface area contributed by atoms with Crippen LogP contribution in [-0.2, 0) is 0 Å². The fourth-order valence-electron chi connectivity index (χ4n) is 1.84. The van der Waals surface area contributed by atoms with Gasteiger partial charge in [-0.1, -0.05) is 24.3 Å². The lowest BCUT2D eigenvalue weighted by molar-refractivity contribution is -0.274. The monoisotopic (exact) mass is 296 g/mol. The third kappa shape index (κ3) is 3.98. The van der Waals surface area contributed by atoms with E-state index in [1.807, 2.05) is 0 Å². The van der Waals surface area contributed by atoms with Crippen LogP contribution in [0.2, 0.25) is 0 Å². The van der Waals surface area contributed by atoms with Gasteiger partial charge in [0, 0.05) is 11.6 Å². The Morgan fingerprint density at radius 3 is 2.19 bits per heavy atom. The van der Waals surface area contributed by atoms with Crippen LogP contribution in [0.1, 0.15) is 17.3 Å². The Morgan fingerprint density at radius 2 is 1.67 bits per heavy atom. The van der Waals surface area contributed by atoms with E-state index in [-0.39, 0.29) is 11.5 Å². The van der Waals surface area contributed by atoms with Gasteiger partial charge in [-0.15, -0.1) is 13.2 Å². The van der Waals surface area contributed by atoms with Crippen molar-refractivity contribution in [3.05, 3.63) is 48.0 Å². The molecule has 2 aromatic carbocycles. The molecule has 0 unspecified atom stereocenters. The number of hydrogen-bond acceptors (Lipinski definition) is 3. The number of carbonyl (C=O) groups excluding carboxylic acids is 1. The fraction of sp³-hybridized carbons (Fsp3) is 0.133. The van der Waals surface area contributed by atoms with Crippen molar-refractivity contribution in [3.63, 3.8) is 0 Å². The van der Waals surface area contributed by atoms with Crippen LogP contribution in [-0.4, -0.2) is 17.3 Å². The van der Waals surface area contributed by atoms with Crippen LogP contribution < -0.4 is 4.74 Å². The molecule has 0 radical (unpaired) electrons. The molecule has 0 spiro atoms. The highest BCUT2D eigenvalue weighted by Crippen LogP contribution is 2.32. The number of benzene rings is 2. The summed E-state index contributed by atoms with van der Waals surface area (Å²) in [6, 6.07) is 9.65. The smallest absolute Gasteiger partial charge is 0.508 e. The molecule has 110 valence electrons. The standard InChI is InChI=1S/C15H11F3O3/c1-9(19)10-2-4-11(5-3-10)12-6-13(20)8-14(7-12)21-15(16,17)18/h2-8,20H,1H3. The Kier molecular flexibility index (Phi) is 3.88. The quantitative estimate of drug-likeness (QED) is 0.865. The van der Waals surface area contributed by atoms with Gasteiger partial charge in [0.2, 0.25) is 0 Å². The van der Waals surface area contributed by atoms with Gasteiger partial charge in [-0.3, -0.25) is 4.79 Å². The van der Waals surface area contributed by atoms with Gasteiger partial charge in [0.25, 0.3) is 0 Å². The molecule has 2 rings (SSSR count). The highest BCUT2D eigenvalue weighted by atomic mass is 19.4. The Hall–Kier alpha value is -2.50. The van der Waals surface area contributed by atoms with Gasteiger partial charge in [0.15, 0.2) is 5.78 Å². The van der Waals surface area contributed by atoms with Crippen LogP contribution in [0.15, 0.2) is 42.5 Å². The topological polar surface area (TPSA) is 46.5 Å². The van der Waals surface area contributed by atoms with E-state index < -0.39 is 12.1 Å². The van der Waals surface area contributed by atoms with Gasteiger partial charge in [-0.05, 0) is 30.2 Å². The van der Waals surface area contributed by atoms with Gasteiger partial charge in [-0.25, -0.2) is 0 Å². The maximum absolute atomic E-state index is 12.2. The minimum atomic E-state index is -4.83. The number of rotatable bonds is 3. The second kappa shape index (κ2) is 5.47.